The van der Waals surface area contributed by atoms with E-state index in [4.69, 9.17) is 9.16 Å². The Kier molecular flexibility index (Phi) is 4.02. The molecule has 2 rings (SSSR count). The van der Waals surface area contributed by atoms with Gasteiger partial charge in [0.15, 0.2) is 0 Å². The lowest BCUT2D eigenvalue weighted by atomic mass is 10.0. The minimum Gasteiger partial charge on any atom is -0.544 e. The van der Waals surface area contributed by atoms with Gasteiger partial charge in [-0.15, -0.1) is 0 Å². The number of rotatable bonds is 3. The highest BCUT2D eigenvalue weighted by molar-refractivity contribution is 6.74. The number of cyclic esters (lactones) is 1. The summed E-state index contributed by atoms with van der Waals surface area (Å²) in [5.74, 6) is 0.681. The standard InChI is InChI=1S/C17H24O3Si/c1-12-15(11-19-16(12)18)13-7-9-14(10-8-13)20-21(5,6)17(2,3)4/h7-10H,11H2,1-6H3. The fourth-order valence-electron chi connectivity index (χ4n) is 1.95. The Hall–Kier alpha value is -1.55. The minimum absolute atomic E-state index is 0.177. The molecule has 0 aromatic heterocycles. The van der Waals surface area contributed by atoms with Crippen LogP contribution in [0.5, 0.6) is 5.75 Å². The van der Waals surface area contributed by atoms with Gasteiger partial charge in [0.2, 0.25) is 8.32 Å². The molecule has 114 valence electrons. The molecule has 0 bridgehead atoms. The number of benzene rings is 1. The lowest BCUT2D eigenvalue weighted by Crippen LogP contribution is -2.43. The van der Waals surface area contributed by atoms with Gasteiger partial charge in [-0.05, 0) is 42.8 Å². The highest BCUT2D eigenvalue weighted by Crippen LogP contribution is 2.37. The van der Waals surface area contributed by atoms with Gasteiger partial charge in [-0.2, -0.15) is 0 Å². The molecule has 1 aromatic carbocycles. The first-order valence-electron chi connectivity index (χ1n) is 7.28. The maximum Gasteiger partial charge on any atom is 0.334 e. The first kappa shape index (κ1) is 15.8. The number of esters is 1. The van der Waals surface area contributed by atoms with Crippen molar-refractivity contribution in [3.05, 3.63) is 35.4 Å². The number of hydrogen-bond acceptors (Lipinski definition) is 3. The first-order valence-corrected chi connectivity index (χ1v) is 10.2. The van der Waals surface area contributed by atoms with E-state index in [1.165, 1.54) is 0 Å². The molecule has 4 heteroatoms. The predicted octanol–water partition coefficient (Wildman–Crippen LogP) is 4.40. The predicted molar refractivity (Wildman–Crippen MR) is 87.8 cm³/mol. The summed E-state index contributed by atoms with van der Waals surface area (Å²) in [6.45, 7) is 13.3. The van der Waals surface area contributed by atoms with Crippen LogP contribution in [0.2, 0.25) is 18.1 Å². The average molecular weight is 304 g/mol. The van der Waals surface area contributed by atoms with Crippen molar-refractivity contribution in [3.8, 4) is 5.75 Å². The smallest absolute Gasteiger partial charge is 0.334 e. The second-order valence-corrected chi connectivity index (χ2v) is 11.8. The Balaban J connectivity index is 2.19. The summed E-state index contributed by atoms with van der Waals surface area (Å²) >= 11 is 0. The molecule has 0 saturated carbocycles. The lowest BCUT2D eigenvalue weighted by molar-refractivity contribution is -0.135. The maximum atomic E-state index is 11.4. The molecule has 1 aliphatic heterocycles. The molecule has 1 aromatic rings. The van der Waals surface area contributed by atoms with Crippen LogP contribution in [0.3, 0.4) is 0 Å². The van der Waals surface area contributed by atoms with E-state index >= 15 is 0 Å². The van der Waals surface area contributed by atoms with E-state index in [2.05, 4.69) is 33.9 Å². The van der Waals surface area contributed by atoms with Crippen LogP contribution in [0, 0.1) is 0 Å². The van der Waals surface area contributed by atoms with Gasteiger partial charge < -0.3 is 9.16 Å². The molecule has 21 heavy (non-hydrogen) atoms. The molecular weight excluding hydrogens is 280 g/mol. The summed E-state index contributed by atoms with van der Waals surface area (Å²) in [5, 5.41) is 0.177. The Morgan fingerprint density at radius 2 is 1.71 bits per heavy atom. The van der Waals surface area contributed by atoms with E-state index in [0.717, 1.165) is 16.9 Å². The largest absolute Gasteiger partial charge is 0.544 e. The zero-order chi connectivity index (χ0) is 15.8. The maximum absolute atomic E-state index is 11.4. The second-order valence-electron chi connectivity index (χ2n) is 7.07. The molecule has 0 fully saturated rings. The van der Waals surface area contributed by atoms with Gasteiger partial charge >= 0.3 is 5.97 Å². The minimum atomic E-state index is -1.81. The highest BCUT2D eigenvalue weighted by atomic mass is 28.4. The molecule has 0 radical (unpaired) electrons. The SMILES string of the molecule is CC1=C(c2ccc(O[Si](C)(C)C(C)(C)C)cc2)COC1=O. The monoisotopic (exact) mass is 304 g/mol. The van der Waals surface area contributed by atoms with Gasteiger partial charge in [0.05, 0.1) is 0 Å². The van der Waals surface area contributed by atoms with E-state index in [1.807, 2.05) is 31.2 Å². The summed E-state index contributed by atoms with van der Waals surface area (Å²) in [6.07, 6.45) is 0. The fourth-order valence-corrected chi connectivity index (χ4v) is 2.98. The van der Waals surface area contributed by atoms with E-state index in [9.17, 15) is 4.79 Å². The van der Waals surface area contributed by atoms with Crippen LogP contribution in [0.1, 0.15) is 33.3 Å². The summed E-state index contributed by atoms with van der Waals surface area (Å²) in [4.78, 5) is 11.4. The second kappa shape index (κ2) is 5.33. The van der Waals surface area contributed by atoms with Crippen LogP contribution in [-0.2, 0) is 9.53 Å². The molecule has 0 N–H and O–H groups in total. The highest BCUT2D eigenvalue weighted by Gasteiger charge is 2.38. The van der Waals surface area contributed by atoms with Crippen molar-refractivity contribution >= 4 is 19.9 Å². The van der Waals surface area contributed by atoms with Crippen LogP contribution in [0.4, 0.5) is 0 Å². The number of hydrogen-bond donors (Lipinski definition) is 0. The van der Waals surface area contributed by atoms with Gasteiger partial charge in [-0.1, -0.05) is 32.9 Å². The molecule has 3 nitrogen and oxygen atoms in total. The van der Waals surface area contributed by atoms with E-state index in [0.29, 0.717) is 12.2 Å². The van der Waals surface area contributed by atoms with Gasteiger partial charge in [0, 0.05) is 11.1 Å². The summed E-state index contributed by atoms with van der Waals surface area (Å²) in [5.41, 5.74) is 2.70. The van der Waals surface area contributed by atoms with Crippen molar-refractivity contribution in [1.29, 1.82) is 0 Å². The molecule has 1 aliphatic rings. The molecule has 0 aliphatic carbocycles. The molecule has 0 atom stereocenters. The van der Waals surface area contributed by atoms with Crippen molar-refractivity contribution in [1.82, 2.24) is 0 Å². The zero-order valence-electron chi connectivity index (χ0n) is 13.7. The number of ether oxygens (including phenoxy) is 1. The van der Waals surface area contributed by atoms with Crippen LogP contribution in [0.15, 0.2) is 29.8 Å². The number of carbonyl (C=O) groups excluding carboxylic acids is 1. The van der Waals surface area contributed by atoms with Gasteiger partial charge in [0.25, 0.3) is 0 Å². The third-order valence-electron chi connectivity index (χ3n) is 4.49. The van der Waals surface area contributed by atoms with Crippen LogP contribution in [-0.4, -0.2) is 20.9 Å². The third kappa shape index (κ3) is 3.21. The van der Waals surface area contributed by atoms with Crippen LogP contribution < -0.4 is 4.43 Å². The van der Waals surface area contributed by atoms with Crippen molar-refractivity contribution in [3.63, 3.8) is 0 Å². The van der Waals surface area contributed by atoms with E-state index in [1.54, 1.807) is 0 Å². The van der Waals surface area contributed by atoms with Crippen molar-refractivity contribution < 1.29 is 14.0 Å². The fraction of sp³-hybridized carbons (Fsp3) is 0.471. The Morgan fingerprint density at radius 3 is 2.14 bits per heavy atom. The summed E-state index contributed by atoms with van der Waals surface area (Å²) in [7, 11) is -1.81. The van der Waals surface area contributed by atoms with Gasteiger partial charge in [-0.3, -0.25) is 0 Å². The Morgan fingerprint density at radius 1 is 1.14 bits per heavy atom. The zero-order valence-corrected chi connectivity index (χ0v) is 14.7. The molecule has 0 spiro atoms. The van der Waals surface area contributed by atoms with Gasteiger partial charge in [0.1, 0.15) is 12.4 Å². The van der Waals surface area contributed by atoms with Crippen molar-refractivity contribution in [2.45, 2.75) is 45.8 Å². The first-order chi connectivity index (χ1) is 9.62. The third-order valence-corrected chi connectivity index (χ3v) is 8.85. The van der Waals surface area contributed by atoms with Crippen molar-refractivity contribution in [2.24, 2.45) is 0 Å². The van der Waals surface area contributed by atoms with E-state index < -0.39 is 8.32 Å². The molecular formula is C17H24O3Si. The number of carbonyl (C=O) groups is 1. The molecule has 0 saturated heterocycles. The average Bonchev–Trinajstić information content (AvgIpc) is 2.69. The molecule has 0 unspecified atom stereocenters. The Labute approximate surface area is 128 Å². The van der Waals surface area contributed by atoms with Crippen molar-refractivity contribution in [2.75, 3.05) is 6.61 Å². The summed E-state index contributed by atoms with van der Waals surface area (Å²) < 4.78 is 11.3. The normalized spacial score (nSPS) is 16.2. The van der Waals surface area contributed by atoms with Crippen LogP contribution in [0.25, 0.3) is 5.57 Å². The quantitative estimate of drug-likeness (QED) is 0.613. The van der Waals surface area contributed by atoms with Crippen LogP contribution >= 0.6 is 0 Å². The molecule has 1 heterocycles. The van der Waals surface area contributed by atoms with E-state index in [-0.39, 0.29) is 11.0 Å². The van der Waals surface area contributed by atoms with Gasteiger partial charge in [-0.25, -0.2) is 4.79 Å². The molecule has 0 amide bonds. The topological polar surface area (TPSA) is 35.5 Å². The summed E-state index contributed by atoms with van der Waals surface area (Å²) in [6, 6.07) is 7.98. The Bertz CT molecular complexity index is 577. The lowest BCUT2D eigenvalue weighted by Gasteiger charge is -2.36.